The second-order valence-corrected chi connectivity index (χ2v) is 5.22. The topological polar surface area (TPSA) is 51.2 Å². The van der Waals surface area contributed by atoms with E-state index >= 15 is 0 Å². The van der Waals surface area contributed by atoms with Crippen molar-refractivity contribution in [1.82, 2.24) is 4.37 Å². The summed E-state index contributed by atoms with van der Waals surface area (Å²) in [7, 11) is 0. The number of hydrogen-bond donors (Lipinski definition) is 1. The predicted molar refractivity (Wildman–Crippen MR) is 74.3 cm³/mol. The second-order valence-electron chi connectivity index (χ2n) is 3.47. The Morgan fingerprint density at radius 2 is 2.35 bits per heavy atom. The number of anilines is 1. The summed E-state index contributed by atoms with van der Waals surface area (Å²) in [6, 6.07) is 0. The van der Waals surface area contributed by atoms with Crippen molar-refractivity contribution in [3.05, 3.63) is 11.3 Å². The maximum atomic E-state index is 11.7. The molecule has 0 aromatic carbocycles. The van der Waals surface area contributed by atoms with E-state index in [4.69, 9.17) is 4.74 Å². The van der Waals surface area contributed by atoms with E-state index in [1.165, 1.54) is 11.5 Å². The van der Waals surface area contributed by atoms with Crippen molar-refractivity contribution in [1.29, 1.82) is 0 Å². The van der Waals surface area contributed by atoms with Crippen molar-refractivity contribution in [2.75, 3.05) is 30.5 Å². The van der Waals surface area contributed by atoms with Crippen molar-refractivity contribution in [3.63, 3.8) is 0 Å². The highest BCUT2D eigenvalue weighted by atomic mass is 32.2. The standard InChI is InChI=1S/C11H18N2O2S2/c1-4-15-11(14)9-8(2)13-17-10(9)12-6-5-7-16-3/h12H,4-7H2,1-3H3. The minimum absolute atomic E-state index is 0.286. The Kier molecular flexibility index (Phi) is 6.36. The van der Waals surface area contributed by atoms with Crippen LogP contribution in [-0.2, 0) is 4.74 Å². The number of esters is 1. The molecule has 0 aliphatic rings. The Bertz CT molecular complexity index is 366. The first kappa shape index (κ1) is 14.3. The van der Waals surface area contributed by atoms with Crippen LogP contribution < -0.4 is 5.32 Å². The summed E-state index contributed by atoms with van der Waals surface area (Å²) in [4.78, 5) is 11.7. The molecule has 0 atom stereocenters. The number of aromatic nitrogens is 1. The Labute approximate surface area is 110 Å². The number of rotatable bonds is 7. The number of aryl methyl sites for hydroxylation is 1. The summed E-state index contributed by atoms with van der Waals surface area (Å²) in [5.74, 6) is 0.825. The maximum absolute atomic E-state index is 11.7. The number of ether oxygens (including phenoxy) is 1. The van der Waals surface area contributed by atoms with Crippen LogP contribution >= 0.6 is 23.3 Å². The molecule has 0 aliphatic heterocycles. The molecule has 0 radical (unpaired) electrons. The van der Waals surface area contributed by atoms with E-state index in [0.717, 1.165) is 29.4 Å². The molecular formula is C11H18N2O2S2. The van der Waals surface area contributed by atoms with Gasteiger partial charge in [0.2, 0.25) is 0 Å². The highest BCUT2D eigenvalue weighted by Crippen LogP contribution is 2.25. The van der Waals surface area contributed by atoms with Gasteiger partial charge < -0.3 is 10.1 Å². The molecule has 17 heavy (non-hydrogen) atoms. The molecule has 0 fully saturated rings. The van der Waals surface area contributed by atoms with E-state index in [9.17, 15) is 4.79 Å². The van der Waals surface area contributed by atoms with Crippen LogP contribution in [0.3, 0.4) is 0 Å². The fraction of sp³-hybridized carbons (Fsp3) is 0.636. The Hall–Kier alpha value is -0.750. The van der Waals surface area contributed by atoms with Gasteiger partial charge in [-0.1, -0.05) is 0 Å². The summed E-state index contributed by atoms with van der Waals surface area (Å²) in [6.45, 7) is 4.88. The first-order valence-electron chi connectivity index (χ1n) is 5.56. The third kappa shape index (κ3) is 4.20. The molecule has 0 aliphatic carbocycles. The van der Waals surface area contributed by atoms with Crippen molar-refractivity contribution in [3.8, 4) is 0 Å². The summed E-state index contributed by atoms with van der Waals surface area (Å²) in [5.41, 5.74) is 1.32. The minimum Gasteiger partial charge on any atom is -0.462 e. The second kappa shape index (κ2) is 7.55. The first-order chi connectivity index (χ1) is 8.20. The highest BCUT2D eigenvalue weighted by molar-refractivity contribution is 7.98. The summed E-state index contributed by atoms with van der Waals surface area (Å²) < 4.78 is 9.21. The van der Waals surface area contributed by atoms with Gasteiger partial charge in [0.05, 0.1) is 12.3 Å². The maximum Gasteiger partial charge on any atom is 0.343 e. The molecule has 0 saturated heterocycles. The molecule has 1 aromatic heterocycles. The van der Waals surface area contributed by atoms with Gasteiger partial charge in [0, 0.05) is 6.54 Å². The normalized spacial score (nSPS) is 10.3. The first-order valence-corrected chi connectivity index (χ1v) is 7.73. The number of thioether (sulfide) groups is 1. The van der Waals surface area contributed by atoms with Crippen LogP contribution in [0.15, 0.2) is 0 Å². The quantitative estimate of drug-likeness (QED) is 0.612. The Morgan fingerprint density at radius 1 is 1.59 bits per heavy atom. The van der Waals surface area contributed by atoms with Gasteiger partial charge in [-0.3, -0.25) is 0 Å². The van der Waals surface area contributed by atoms with Crippen molar-refractivity contribution >= 4 is 34.3 Å². The van der Waals surface area contributed by atoms with E-state index in [-0.39, 0.29) is 5.97 Å². The number of hydrogen-bond acceptors (Lipinski definition) is 6. The monoisotopic (exact) mass is 274 g/mol. The highest BCUT2D eigenvalue weighted by Gasteiger charge is 2.18. The molecule has 0 amide bonds. The van der Waals surface area contributed by atoms with Crippen molar-refractivity contribution in [2.24, 2.45) is 0 Å². The van der Waals surface area contributed by atoms with E-state index < -0.39 is 0 Å². The third-order valence-corrected chi connectivity index (χ3v) is 3.75. The number of nitrogens with zero attached hydrogens (tertiary/aromatic N) is 1. The molecule has 1 rings (SSSR count). The summed E-state index contributed by atoms with van der Waals surface area (Å²) in [5, 5.41) is 4.07. The van der Waals surface area contributed by atoms with Gasteiger partial charge in [0.25, 0.3) is 0 Å². The molecule has 1 N–H and O–H groups in total. The van der Waals surface area contributed by atoms with Gasteiger partial charge in [0.1, 0.15) is 10.6 Å². The van der Waals surface area contributed by atoms with Crippen LogP contribution in [-0.4, -0.2) is 35.5 Å². The van der Waals surface area contributed by atoms with Crippen LogP contribution in [0.25, 0.3) is 0 Å². The van der Waals surface area contributed by atoms with Crippen LogP contribution in [0.1, 0.15) is 29.4 Å². The van der Waals surface area contributed by atoms with Crippen molar-refractivity contribution in [2.45, 2.75) is 20.3 Å². The predicted octanol–water partition coefficient (Wildman–Crippen LogP) is 2.79. The average molecular weight is 274 g/mol. The van der Waals surface area contributed by atoms with Crippen molar-refractivity contribution < 1.29 is 9.53 Å². The van der Waals surface area contributed by atoms with Gasteiger partial charge in [-0.15, -0.1) is 0 Å². The largest absolute Gasteiger partial charge is 0.462 e. The molecule has 96 valence electrons. The molecular weight excluding hydrogens is 256 g/mol. The van der Waals surface area contributed by atoms with Crippen LogP contribution in [0, 0.1) is 6.92 Å². The number of nitrogens with one attached hydrogen (secondary N) is 1. The van der Waals surface area contributed by atoms with E-state index in [0.29, 0.717) is 12.2 Å². The van der Waals surface area contributed by atoms with Gasteiger partial charge >= 0.3 is 5.97 Å². The van der Waals surface area contributed by atoms with E-state index in [1.807, 2.05) is 18.7 Å². The molecule has 4 nitrogen and oxygen atoms in total. The Morgan fingerprint density at radius 3 is 3.00 bits per heavy atom. The molecule has 0 bridgehead atoms. The van der Waals surface area contributed by atoms with E-state index in [2.05, 4.69) is 15.9 Å². The van der Waals surface area contributed by atoms with Crippen LogP contribution in [0.5, 0.6) is 0 Å². The van der Waals surface area contributed by atoms with Gasteiger partial charge in [-0.05, 0) is 43.8 Å². The molecule has 0 saturated carbocycles. The lowest BCUT2D eigenvalue weighted by molar-refractivity contribution is 0.0527. The van der Waals surface area contributed by atoms with Gasteiger partial charge in [-0.25, -0.2) is 4.79 Å². The lowest BCUT2D eigenvalue weighted by Gasteiger charge is -2.06. The molecule has 0 unspecified atom stereocenters. The molecule has 0 spiro atoms. The number of carbonyl (C=O) groups excluding carboxylic acids is 1. The van der Waals surface area contributed by atoms with Gasteiger partial charge in [-0.2, -0.15) is 16.1 Å². The fourth-order valence-corrected chi connectivity index (χ4v) is 2.59. The van der Waals surface area contributed by atoms with Gasteiger partial charge in [0.15, 0.2) is 0 Å². The van der Waals surface area contributed by atoms with Crippen LogP contribution in [0.4, 0.5) is 5.00 Å². The smallest absolute Gasteiger partial charge is 0.343 e. The molecule has 1 aromatic rings. The summed E-state index contributed by atoms with van der Waals surface area (Å²) in [6.07, 6.45) is 3.15. The minimum atomic E-state index is -0.286. The lowest BCUT2D eigenvalue weighted by atomic mass is 10.2. The van der Waals surface area contributed by atoms with E-state index in [1.54, 1.807) is 6.92 Å². The lowest BCUT2D eigenvalue weighted by Crippen LogP contribution is -2.10. The molecule has 6 heteroatoms. The number of carbonyl (C=O) groups is 1. The fourth-order valence-electron chi connectivity index (χ4n) is 1.35. The van der Waals surface area contributed by atoms with Crippen LogP contribution in [0.2, 0.25) is 0 Å². The summed E-state index contributed by atoms with van der Waals surface area (Å²) >= 11 is 3.14. The zero-order valence-electron chi connectivity index (χ0n) is 10.4. The Balaban J connectivity index is 2.62. The third-order valence-electron chi connectivity index (χ3n) is 2.15. The zero-order chi connectivity index (χ0) is 12.7. The molecule has 1 heterocycles. The SMILES string of the molecule is CCOC(=O)c1c(C)nsc1NCCCSC. The average Bonchev–Trinajstić information content (AvgIpc) is 2.66. The zero-order valence-corrected chi connectivity index (χ0v) is 12.0.